The van der Waals surface area contributed by atoms with Crippen molar-refractivity contribution in [1.29, 1.82) is 0 Å². The molecule has 2 rings (SSSR count). The van der Waals surface area contributed by atoms with E-state index < -0.39 is 0 Å². The predicted octanol–water partition coefficient (Wildman–Crippen LogP) is 5.23. The zero-order valence-electron chi connectivity index (χ0n) is 12.2. The van der Waals surface area contributed by atoms with Gasteiger partial charge in [0.05, 0.1) is 6.04 Å². The largest absolute Gasteiger partial charge is 0.309 e. The Morgan fingerprint density at radius 3 is 2.10 bits per heavy atom. The van der Waals surface area contributed by atoms with Crippen LogP contribution in [0.1, 0.15) is 33.9 Å². The van der Waals surface area contributed by atoms with E-state index in [1.165, 1.54) is 22.3 Å². The first kappa shape index (κ1) is 15.4. The lowest BCUT2D eigenvalue weighted by molar-refractivity contribution is 0.687. The van der Waals surface area contributed by atoms with Gasteiger partial charge in [0.2, 0.25) is 0 Å². The molecule has 0 saturated heterocycles. The molecule has 3 heteroatoms. The maximum Gasteiger partial charge on any atom is 0.0591 e. The molecular formula is C17H19Cl2N. The highest BCUT2D eigenvalue weighted by Crippen LogP contribution is 2.32. The van der Waals surface area contributed by atoms with Gasteiger partial charge in [-0.1, -0.05) is 41.4 Å². The van der Waals surface area contributed by atoms with Gasteiger partial charge in [0, 0.05) is 10.0 Å². The molecule has 106 valence electrons. The summed E-state index contributed by atoms with van der Waals surface area (Å²) in [6.07, 6.45) is 0. The third-order valence-corrected chi connectivity index (χ3v) is 4.32. The minimum absolute atomic E-state index is 0.0686. The summed E-state index contributed by atoms with van der Waals surface area (Å²) in [5.41, 5.74) is 6.16. The third-order valence-electron chi connectivity index (χ3n) is 3.76. The average Bonchev–Trinajstić information content (AvgIpc) is 2.38. The molecule has 0 fully saturated rings. The number of rotatable bonds is 3. The summed E-state index contributed by atoms with van der Waals surface area (Å²) in [5, 5.41) is 4.70. The maximum absolute atomic E-state index is 6.35. The molecule has 0 heterocycles. The second-order valence-electron chi connectivity index (χ2n) is 5.18. The third kappa shape index (κ3) is 3.01. The van der Waals surface area contributed by atoms with Gasteiger partial charge in [-0.3, -0.25) is 0 Å². The van der Waals surface area contributed by atoms with Gasteiger partial charge < -0.3 is 5.32 Å². The Labute approximate surface area is 130 Å². The molecule has 0 aliphatic rings. The van der Waals surface area contributed by atoms with Gasteiger partial charge in [-0.15, -0.1) is 0 Å². The van der Waals surface area contributed by atoms with Gasteiger partial charge in [0.15, 0.2) is 0 Å². The van der Waals surface area contributed by atoms with Crippen molar-refractivity contribution in [2.75, 3.05) is 7.05 Å². The summed E-state index contributed by atoms with van der Waals surface area (Å²) in [4.78, 5) is 0. The van der Waals surface area contributed by atoms with Gasteiger partial charge in [0.1, 0.15) is 0 Å². The zero-order chi connectivity index (χ0) is 14.9. The van der Waals surface area contributed by atoms with Gasteiger partial charge in [-0.05, 0) is 67.8 Å². The van der Waals surface area contributed by atoms with Gasteiger partial charge in [0.25, 0.3) is 0 Å². The monoisotopic (exact) mass is 307 g/mol. The molecular weight excluding hydrogens is 289 g/mol. The van der Waals surface area contributed by atoms with Crippen LogP contribution in [-0.2, 0) is 0 Å². The van der Waals surface area contributed by atoms with E-state index in [-0.39, 0.29) is 6.04 Å². The molecule has 1 unspecified atom stereocenters. The molecule has 0 aliphatic carbocycles. The van der Waals surface area contributed by atoms with E-state index in [1.54, 1.807) is 6.07 Å². The van der Waals surface area contributed by atoms with Crippen LogP contribution >= 0.6 is 23.2 Å². The van der Waals surface area contributed by atoms with Crippen LogP contribution in [0.3, 0.4) is 0 Å². The summed E-state index contributed by atoms with van der Waals surface area (Å²) in [7, 11) is 1.95. The topological polar surface area (TPSA) is 12.0 Å². The molecule has 0 radical (unpaired) electrons. The van der Waals surface area contributed by atoms with E-state index in [0.29, 0.717) is 10.0 Å². The average molecular weight is 308 g/mol. The fourth-order valence-corrected chi connectivity index (χ4v) is 3.03. The molecule has 0 spiro atoms. The lowest BCUT2D eigenvalue weighted by atomic mass is 9.92. The van der Waals surface area contributed by atoms with Crippen molar-refractivity contribution >= 4 is 23.2 Å². The number of hydrogen-bond donors (Lipinski definition) is 1. The van der Waals surface area contributed by atoms with Crippen molar-refractivity contribution in [1.82, 2.24) is 5.32 Å². The number of aryl methyl sites for hydroxylation is 3. The van der Waals surface area contributed by atoms with Crippen LogP contribution in [-0.4, -0.2) is 7.05 Å². The molecule has 0 aliphatic heterocycles. The summed E-state index contributed by atoms with van der Waals surface area (Å²) < 4.78 is 0. The Balaban J connectivity index is 2.55. The Bertz CT molecular complexity index is 635. The van der Waals surface area contributed by atoms with Crippen LogP contribution in [0.25, 0.3) is 0 Å². The number of benzene rings is 2. The fourth-order valence-electron chi connectivity index (χ4n) is 2.51. The van der Waals surface area contributed by atoms with Crippen LogP contribution < -0.4 is 5.32 Å². The number of nitrogens with one attached hydrogen (secondary N) is 1. The quantitative estimate of drug-likeness (QED) is 0.819. The summed E-state index contributed by atoms with van der Waals surface area (Å²) >= 11 is 12.3. The van der Waals surface area contributed by atoms with Crippen molar-refractivity contribution in [3.63, 3.8) is 0 Å². The Morgan fingerprint density at radius 2 is 1.50 bits per heavy atom. The zero-order valence-corrected chi connectivity index (χ0v) is 13.7. The molecule has 1 N–H and O–H groups in total. The van der Waals surface area contributed by atoms with Crippen molar-refractivity contribution < 1.29 is 0 Å². The second-order valence-corrected chi connectivity index (χ2v) is 6.02. The molecule has 0 bridgehead atoms. The van der Waals surface area contributed by atoms with E-state index in [0.717, 1.165) is 5.56 Å². The Hall–Kier alpha value is -1.02. The van der Waals surface area contributed by atoms with Crippen LogP contribution in [0.4, 0.5) is 0 Å². The first-order valence-corrected chi connectivity index (χ1v) is 7.39. The first-order chi connectivity index (χ1) is 9.43. The minimum atomic E-state index is 0.0686. The highest BCUT2D eigenvalue weighted by atomic mass is 35.5. The summed E-state index contributed by atoms with van der Waals surface area (Å²) in [6, 6.07) is 10.2. The highest BCUT2D eigenvalue weighted by Gasteiger charge is 2.18. The summed E-state index contributed by atoms with van der Waals surface area (Å²) in [5.74, 6) is 0. The normalized spacial score (nSPS) is 12.5. The van der Waals surface area contributed by atoms with Crippen molar-refractivity contribution in [2.24, 2.45) is 0 Å². The molecule has 20 heavy (non-hydrogen) atoms. The minimum Gasteiger partial charge on any atom is -0.309 e. The maximum atomic E-state index is 6.35. The van der Waals surface area contributed by atoms with E-state index in [9.17, 15) is 0 Å². The van der Waals surface area contributed by atoms with Gasteiger partial charge in [-0.25, -0.2) is 0 Å². The van der Waals surface area contributed by atoms with Gasteiger partial charge in [-0.2, -0.15) is 0 Å². The molecule has 2 aromatic rings. The van der Waals surface area contributed by atoms with Crippen molar-refractivity contribution in [2.45, 2.75) is 26.8 Å². The standard InChI is InChI=1S/C17H19Cl2N/c1-10-7-12(3)15(8-11(10)2)17(20-4)14-6-5-13(18)9-16(14)19/h5-9,17,20H,1-4H3. The molecule has 2 aromatic carbocycles. The van der Waals surface area contributed by atoms with Gasteiger partial charge >= 0.3 is 0 Å². The molecule has 1 nitrogen and oxygen atoms in total. The van der Waals surface area contributed by atoms with E-state index in [1.807, 2.05) is 19.2 Å². The van der Waals surface area contributed by atoms with Crippen LogP contribution in [0.2, 0.25) is 10.0 Å². The fraction of sp³-hybridized carbons (Fsp3) is 0.294. The van der Waals surface area contributed by atoms with Crippen molar-refractivity contribution in [3.05, 3.63) is 68.2 Å². The number of hydrogen-bond acceptors (Lipinski definition) is 1. The predicted molar refractivity (Wildman–Crippen MR) is 88.0 cm³/mol. The summed E-state index contributed by atoms with van der Waals surface area (Å²) in [6.45, 7) is 6.40. The lowest BCUT2D eigenvalue weighted by Crippen LogP contribution is -2.19. The smallest absolute Gasteiger partial charge is 0.0591 e. The molecule has 0 aromatic heterocycles. The number of halogens is 2. The van der Waals surface area contributed by atoms with E-state index in [4.69, 9.17) is 23.2 Å². The van der Waals surface area contributed by atoms with Crippen molar-refractivity contribution in [3.8, 4) is 0 Å². The highest BCUT2D eigenvalue weighted by molar-refractivity contribution is 6.35. The molecule has 0 amide bonds. The van der Waals surface area contributed by atoms with E-state index >= 15 is 0 Å². The van der Waals surface area contributed by atoms with Crippen LogP contribution in [0.5, 0.6) is 0 Å². The molecule has 0 saturated carbocycles. The Morgan fingerprint density at radius 1 is 0.850 bits per heavy atom. The second kappa shape index (κ2) is 6.17. The molecule has 1 atom stereocenters. The Kier molecular flexibility index (Phi) is 4.74. The SMILES string of the molecule is CNC(c1cc(C)c(C)cc1C)c1ccc(Cl)cc1Cl. The van der Waals surface area contributed by atoms with E-state index in [2.05, 4.69) is 38.2 Å². The lowest BCUT2D eigenvalue weighted by Gasteiger charge is -2.22. The van der Waals surface area contributed by atoms with Crippen LogP contribution in [0, 0.1) is 20.8 Å². The van der Waals surface area contributed by atoms with Crippen LogP contribution in [0.15, 0.2) is 30.3 Å². The first-order valence-electron chi connectivity index (χ1n) is 6.64.